The maximum absolute atomic E-state index is 11.1. The molecule has 0 aliphatic rings. The molecule has 0 aliphatic carbocycles. The second kappa shape index (κ2) is 7.41. The minimum absolute atomic E-state index is 0.0651. The first-order valence-electron chi connectivity index (χ1n) is 7.62. The van der Waals surface area contributed by atoms with Crippen LogP contribution in [0.3, 0.4) is 0 Å². The fraction of sp³-hybridized carbons (Fsp3) is 0.150. The SMILES string of the molecule is COC(=O)Oc1ccc([S+](C)Cc2cccc3ccccc23)cc1. The normalized spacial score (nSPS) is 11.9. The molecule has 4 heteroatoms. The molecule has 0 radical (unpaired) electrons. The molecule has 0 amide bonds. The molecule has 0 heterocycles. The summed E-state index contributed by atoms with van der Waals surface area (Å²) in [6, 6.07) is 22.5. The number of hydrogen-bond donors (Lipinski definition) is 0. The van der Waals surface area contributed by atoms with E-state index < -0.39 is 6.16 Å². The summed E-state index contributed by atoms with van der Waals surface area (Å²) in [5.41, 5.74) is 1.36. The first-order chi connectivity index (χ1) is 11.7. The van der Waals surface area contributed by atoms with Gasteiger partial charge in [0.15, 0.2) is 4.90 Å². The van der Waals surface area contributed by atoms with Crippen molar-refractivity contribution in [2.24, 2.45) is 0 Å². The summed E-state index contributed by atoms with van der Waals surface area (Å²) in [4.78, 5) is 12.4. The Bertz CT molecular complexity index is 838. The molecular weight excluding hydrogens is 320 g/mol. The highest BCUT2D eigenvalue weighted by Crippen LogP contribution is 2.25. The summed E-state index contributed by atoms with van der Waals surface area (Å²) in [6.07, 6.45) is 1.53. The standard InChI is InChI=1S/C20H19O3S/c1-22-20(21)23-17-10-12-18(13-11-17)24(2)14-16-8-5-7-15-6-3-4-9-19(15)16/h3-13H,14H2,1-2H3/q+1. The third-order valence-electron chi connectivity index (χ3n) is 3.85. The average Bonchev–Trinajstić information content (AvgIpc) is 2.62. The zero-order valence-electron chi connectivity index (χ0n) is 13.7. The summed E-state index contributed by atoms with van der Waals surface area (Å²) < 4.78 is 9.51. The average molecular weight is 339 g/mol. The highest BCUT2D eigenvalue weighted by Gasteiger charge is 2.18. The molecule has 0 aromatic heterocycles. The van der Waals surface area contributed by atoms with Crippen molar-refractivity contribution < 1.29 is 14.3 Å². The van der Waals surface area contributed by atoms with Gasteiger partial charge in [-0.3, -0.25) is 0 Å². The van der Waals surface area contributed by atoms with Gasteiger partial charge in [0, 0.05) is 16.5 Å². The fourth-order valence-electron chi connectivity index (χ4n) is 2.61. The molecule has 122 valence electrons. The third kappa shape index (κ3) is 3.71. The van der Waals surface area contributed by atoms with E-state index in [4.69, 9.17) is 4.74 Å². The lowest BCUT2D eigenvalue weighted by molar-refractivity contribution is 0.121. The van der Waals surface area contributed by atoms with Crippen LogP contribution in [0.1, 0.15) is 5.56 Å². The number of hydrogen-bond acceptors (Lipinski definition) is 3. The van der Waals surface area contributed by atoms with Crippen LogP contribution in [0.5, 0.6) is 5.75 Å². The van der Waals surface area contributed by atoms with Crippen molar-refractivity contribution in [3.63, 3.8) is 0 Å². The molecule has 3 aromatic rings. The Hall–Kier alpha value is -2.46. The number of carbonyl (C=O) groups is 1. The van der Waals surface area contributed by atoms with Crippen LogP contribution in [0.15, 0.2) is 71.6 Å². The summed E-state index contributed by atoms with van der Waals surface area (Å²) >= 11 is 0. The number of methoxy groups -OCH3 is 1. The Kier molecular flexibility index (Phi) is 5.06. The van der Waals surface area contributed by atoms with Gasteiger partial charge in [0.1, 0.15) is 17.8 Å². The maximum atomic E-state index is 11.1. The highest BCUT2D eigenvalue weighted by molar-refractivity contribution is 7.95. The first kappa shape index (κ1) is 16.4. The molecule has 1 atom stereocenters. The molecule has 1 unspecified atom stereocenters. The predicted octanol–water partition coefficient (Wildman–Crippen LogP) is 4.79. The number of benzene rings is 3. The molecule has 3 aromatic carbocycles. The smallest absolute Gasteiger partial charge is 0.437 e. The predicted molar refractivity (Wildman–Crippen MR) is 98.7 cm³/mol. The molecule has 0 saturated heterocycles. The molecule has 0 fully saturated rings. The minimum atomic E-state index is -0.700. The Morgan fingerprint density at radius 2 is 1.67 bits per heavy atom. The lowest BCUT2D eigenvalue weighted by atomic mass is 10.1. The van der Waals surface area contributed by atoms with Crippen molar-refractivity contribution in [2.45, 2.75) is 10.6 Å². The van der Waals surface area contributed by atoms with Gasteiger partial charge in [-0.15, -0.1) is 0 Å². The van der Waals surface area contributed by atoms with Crippen molar-refractivity contribution in [3.05, 3.63) is 72.3 Å². The van der Waals surface area contributed by atoms with E-state index >= 15 is 0 Å². The van der Waals surface area contributed by atoms with Crippen molar-refractivity contribution in [3.8, 4) is 5.75 Å². The van der Waals surface area contributed by atoms with Crippen molar-refractivity contribution >= 4 is 27.8 Å². The molecule has 0 saturated carbocycles. The van der Waals surface area contributed by atoms with Crippen LogP contribution in [0.2, 0.25) is 0 Å². The van der Waals surface area contributed by atoms with Gasteiger partial charge in [-0.1, -0.05) is 42.5 Å². The summed E-state index contributed by atoms with van der Waals surface area (Å²) in [5, 5.41) is 2.58. The summed E-state index contributed by atoms with van der Waals surface area (Å²) in [5.74, 6) is 1.48. The Morgan fingerprint density at radius 3 is 2.42 bits per heavy atom. The fourth-order valence-corrected chi connectivity index (χ4v) is 4.10. The number of ether oxygens (including phenoxy) is 2. The van der Waals surface area contributed by atoms with E-state index in [9.17, 15) is 4.79 Å². The minimum Gasteiger partial charge on any atom is -0.437 e. The molecule has 3 nitrogen and oxygen atoms in total. The molecule has 0 N–H and O–H groups in total. The molecule has 0 spiro atoms. The highest BCUT2D eigenvalue weighted by atomic mass is 32.2. The van der Waals surface area contributed by atoms with Crippen LogP contribution in [-0.2, 0) is 21.4 Å². The zero-order chi connectivity index (χ0) is 16.9. The van der Waals surface area contributed by atoms with E-state index in [2.05, 4.69) is 53.5 Å². The molecule has 0 aliphatic heterocycles. The largest absolute Gasteiger partial charge is 0.513 e. The van der Waals surface area contributed by atoms with E-state index in [0.717, 1.165) is 5.75 Å². The van der Waals surface area contributed by atoms with E-state index in [1.807, 2.05) is 12.1 Å². The van der Waals surface area contributed by atoms with Crippen molar-refractivity contribution in [1.82, 2.24) is 0 Å². The number of carbonyl (C=O) groups excluding carboxylic acids is 1. The van der Waals surface area contributed by atoms with Gasteiger partial charge in [-0.2, -0.15) is 0 Å². The van der Waals surface area contributed by atoms with Crippen LogP contribution in [-0.4, -0.2) is 19.5 Å². The second-order valence-electron chi connectivity index (χ2n) is 5.45. The van der Waals surface area contributed by atoms with Crippen LogP contribution < -0.4 is 4.74 Å². The van der Waals surface area contributed by atoms with Gasteiger partial charge in [-0.05, 0) is 35.0 Å². The van der Waals surface area contributed by atoms with E-state index in [1.165, 1.54) is 28.3 Å². The third-order valence-corrected chi connectivity index (χ3v) is 5.67. The van der Waals surface area contributed by atoms with Crippen molar-refractivity contribution in [2.75, 3.05) is 13.4 Å². The van der Waals surface area contributed by atoms with Crippen molar-refractivity contribution in [1.29, 1.82) is 0 Å². The van der Waals surface area contributed by atoms with E-state index in [0.29, 0.717) is 5.75 Å². The van der Waals surface area contributed by atoms with Gasteiger partial charge >= 0.3 is 6.16 Å². The zero-order valence-corrected chi connectivity index (χ0v) is 14.5. The van der Waals surface area contributed by atoms with Gasteiger partial charge in [0.2, 0.25) is 0 Å². The van der Waals surface area contributed by atoms with Crippen LogP contribution in [0.4, 0.5) is 4.79 Å². The summed E-state index contributed by atoms with van der Waals surface area (Å²) in [7, 11) is 1.36. The Morgan fingerprint density at radius 1 is 0.958 bits per heavy atom. The summed E-state index contributed by atoms with van der Waals surface area (Å²) in [6.45, 7) is 0. The Balaban J connectivity index is 1.76. The molecule has 0 bridgehead atoms. The molecule has 24 heavy (non-hydrogen) atoms. The van der Waals surface area contributed by atoms with Gasteiger partial charge in [0.25, 0.3) is 0 Å². The number of fused-ring (bicyclic) bond motifs is 1. The molecule has 3 rings (SSSR count). The van der Waals surface area contributed by atoms with Crippen LogP contribution >= 0.6 is 0 Å². The van der Waals surface area contributed by atoms with Gasteiger partial charge in [0.05, 0.1) is 7.11 Å². The topological polar surface area (TPSA) is 35.5 Å². The quantitative estimate of drug-likeness (QED) is 0.389. The van der Waals surface area contributed by atoms with Gasteiger partial charge in [-0.25, -0.2) is 4.79 Å². The van der Waals surface area contributed by atoms with E-state index in [1.54, 1.807) is 12.1 Å². The lowest BCUT2D eigenvalue weighted by Gasteiger charge is -2.08. The van der Waals surface area contributed by atoms with Gasteiger partial charge < -0.3 is 9.47 Å². The van der Waals surface area contributed by atoms with E-state index in [-0.39, 0.29) is 10.9 Å². The number of rotatable bonds is 4. The maximum Gasteiger partial charge on any atom is 0.513 e. The first-order valence-corrected chi connectivity index (χ1v) is 9.42. The van der Waals surface area contributed by atoms with Crippen LogP contribution in [0, 0.1) is 0 Å². The monoisotopic (exact) mass is 339 g/mol. The molecular formula is C20H19O3S+. The second-order valence-corrected chi connectivity index (χ2v) is 7.48. The van der Waals surface area contributed by atoms with Crippen LogP contribution in [0.25, 0.3) is 10.8 Å². The Labute approximate surface area is 144 Å². The lowest BCUT2D eigenvalue weighted by Crippen LogP contribution is -2.08.